The number of ketones is 1. The summed E-state index contributed by atoms with van der Waals surface area (Å²) in [6.07, 6.45) is 0.109. The molecule has 0 bridgehead atoms. The van der Waals surface area contributed by atoms with Crippen LogP contribution in [0.2, 0.25) is 0 Å². The van der Waals surface area contributed by atoms with E-state index in [1.54, 1.807) is 55.6 Å². The van der Waals surface area contributed by atoms with Crippen LogP contribution in [0.3, 0.4) is 0 Å². The first kappa shape index (κ1) is 10.6. The van der Waals surface area contributed by atoms with Crippen LogP contribution in [0, 0.1) is 0 Å². The van der Waals surface area contributed by atoms with Gasteiger partial charge in [-0.15, -0.1) is 0 Å². The molecule has 96 valence electrons. The van der Waals surface area contributed by atoms with E-state index in [1.165, 1.54) is 0 Å². The Bertz CT molecular complexity index is 646. The van der Waals surface area contributed by atoms with Gasteiger partial charge in [-0.1, -0.05) is 48.5 Å². The van der Waals surface area contributed by atoms with E-state index in [9.17, 15) is 4.79 Å². The number of hydrogen-bond donors (Lipinski definition) is 0. The van der Waals surface area contributed by atoms with Gasteiger partial charge in [0.25, 0.3) is 0 Å². The van der Waals surface area contributed by atoms with Crippen LogP contribution in [0.5, 0.6) is 5.75 Å². The summed E-state index contributed by atoms with van der Waals surface area (Å²) < 4.78 is 20.9. The topological polar surface area (TPSA) is 26.3 Å². The summed E-state index contributed by atoms with van der Waals surface area (Å²) in [6, 6.07) is 15.6. The van der Waals surface area contributed by atoms with Gasteiger partial charge in [0.1, 0.15) is 5.75 Å². The maximum absolute atomic E-state index is 12.1. The number of ether oxygens (including phenoxy) is 1. The summed E-state index contributed by atoms with van der Waals surface area (Å²) in [5.41, 5.74) is 1.37. The molecule has 0 saturated heterocycles. The highest BCUT2D eigenvalue weighted by molar-refractivity contribution is 5.95. The Balaban J connectivity index is 2.15. The lowest BCUT2D eigenvalue weighted by Gasteiger charge is -2.01. The number of benzene rings is 2. The highest BCUT2D eigenvalue weighted by Crippen LogP contribution is 2.12. The molecule has 0 radical (unpaired) electrons. The first-order chi connectivity index (χ1) is 10.1. The average molecular weight is 254 g/mol. The van der Waals surface area contributed by atoms with Gasteiger partial charge in [0.05, 0.1) is 9.85 Å². The molecule has 0 amide bonds. The normalized spacial score (nSPS) is 13.1. The first-order valence-electron chi connectivity index (χ1n) is 7.01. The van der Waals surface area contributed by atoms with Gasteiger partial charge < -0.3 is 4.74 Å². The van der Waals surface area contributed by atoms with E-state index in [0.717, 1.165) is 11.3 Å². The second-order valence-electron chi connectivity index (χ2n) is 4.06. The molecule has 0 aliphatic carbocycles. The molecule has 0 N–H and O–H groups in total. The Morgan fingerprint density at radius 2 is 1.84 bits per heavy atom. The summed E-state index contributed by atoms with van der Waals surface area (Å²) in [7, 11) is 1.58. The highest BCUT2D eigenvalue weighted by Gasteiger charge is 2.00. The van der Waals surface area contributed by atoms with E-state index in [1.807, 2.05) is 6.07 Å². The minimum absolute atomic E-state index is 0.0471. The van der Waals surface area contributed by atoms with Crippen LogP contribution >= 0.6 is 0 Å². The van der Waals surface area contributed by atoms with Gasteiger partial charge >= 0.3 is 0 Å². The Hall–Kier alpha value is -2.35. The molecule has 2 aromatic carbocycles. The van der Waals surface area contributed by atoms with E-state index in [2.05, 4.69) is 0 Å². The molecule has 0 aliphatic rings. The molecule has 19 heavy (non-hydrogen) atoms. The van der Waals surface area contributed by atoms with Gasteiger partial charge in [-0.2, -0.15) is 0 Å². The van der Waals surface area contributed by atoms with Crippen molar-refractivity contribution in [2.75, 3.05) is 7.11 Å². The van der Waals surface area contributed by atoms with Crippen molar-refractivity contribution in [3.63, 3.8) is 0 Å². The molecule has 0 saturated carbocycles. The highest BCUT2D eigenvalue weighted by atomic mass is 16.5. The van der Waals surface area contributed by atoms with Crippen LogP contribution in [-0.2, 0) is 11.2 Å². The van der Waals surface area contributed by atoms with E-state index in [0.29, 0.717) is 5.56 Å². The standard InChI is InChI=1S/C17H16O2/c1-19-17-11-8-15(9-12-17)13-16(18)10-7-14-5-3-2-4-6-14/h2-12H,13H2,1H3/b10-7+/i7D,10D. The SMILES string of the molecule is [2H]/C(C(=O)Cc1ccc(OC)cc1)=C(/[2H])c1ccccc1. The van der Waals surface area contributed by atoms with Crippen LogP contribution in [-0.4, -0.2) is 12.9 Å². The Morgan fingerprint density at radius 1 is 1.16 bits per heavy atom. The van der Waals surface area contributed by atoms with E-state index >= 15 is 0 Å². The van der Waals surface area contributed by atoms with Crippen molar-refractivity contribution in [1.82, 2.24) is 0 Å². The third-order valence-electron chi connectivity index (χ3n) is 2.64. The number of methoxy groups -OCH3 is 1. The Labute approximate surface area is 116 Å². The lowest BCUT2D eigenvalue weighted by molar-refractivity contribution is -0.113. The largest absolute Gasteiger partial charge is 0.497 e. The van der Waals surface area contributed by atoms with Crippen LogP contribution < -0.4 is 4.74 Å². The number of rotatable bonds is 5. The van der Waals surface area contributed by atoms with Crippen LogP contribution in [0.4, 0.5) is 0 Å². The molecule has 2 aromatic rings. The zero-order chi connectivity index (χ0) is 15.2. The second kappa shape index (κ2) is 6.55. The Kier molecular flexibility index (Phi) is 3.64. The van der Waals surface area contributed by atoms with Crippen molar-refractivity contribution >= 4 is 11.8 Å². The molecule has 0 unspecified atom stereocenters. The van der Waals surface area contributed by atoms with Crippen molar-refractivity contribution in [1.29, 1.82) is 0 Å². The van der Waals surface area contributed by atoms with Gasteiger partial charge in [0.15, 0.2) is 5.78 Å². The molecule has 0 aromatic heterocycles. The second-order valence-corrected chi connectivity index (χ2v) is 4.06. The molecule has 0 fully saturated rings. The maximum atomic E-state index is 12.1. The Morgan fingerprint density at radius 3 is 2.47 bits per heavy atom. The summed E-state index contributed by atoms with van der Waals surface area (Å²) in [5.74, 6) is 0.354. The average Bonchev–Trinajstić information content (AvgIpc) is 2.55. The first-order valence-corrected chi connectivity index (χ1v) is 6.01. The third-order valence-corrected chi connectivity index (χ3v) is 2.64. The van der Waals surface area contributed by atoms with Gasteiger partial charge in [0.2, 0.25) is 0 Å². The fourth-order valence-corrected chi connectivity index (χ4v) is 1.64. The monoisotopic (exact) mass is 254 g/mol. The molecular weight excluding hydrogens is 236 g/mol. The van der Waals surface area contributed by atoms with Gasteiger partial charge in [-0.05, 0) is 29.3 Å². The molecule has 2 rings (SSSR count). The maximum Gasteiger partial charge on any atom is 0.160 e. The fourth-order valence-electron chi connectivity index (χ4n) is 1.64. The van der Waals surface area contributed by atoms with Crippen molar-refractivity contribution in [3.05, 3.63) is 71.8 Å². The van der Waals surface area contributed by atoms with Crippen LogP contribution in [0.1, 0.15) is 13.9 Å². The number of hydrogen-bond acceptors (Lipinski definition) is 2. The van der Waals surface area contributed by atoms with Crippen molar-refractivity contribution < 1.29 is 12.3 Å². The van der Waals surface area contributed by atoms with Crippen molar-refractivity contribution in [2.24, 2.45) is 0 Å². The third kappa shape index (κ3) is 4.11. The molecule has 2 nitrogen and oxygen atoms in total. The zero-order valence-electron chi connectivity index (χ0n) is 12.7. The molecule has 0 atom stereocenters. The summed E-state index contributed by atoms with van der Waals surface area (Å²) >= 11 is 0. The minimum atomic E-state index is -0.367. The molecular formula is C17H16O2. The van der Waals surface area contributed by atoms with Gasteiger partial charge in [-0.25, -0.2) is 0 Å². The molecule has 0 aliphatic heterocycles. The van der Waals surface area contributed by atoms with Crippen molar-refractivity contribution in [3.8, 4) is 5.75 Å². The zero-order valence-corrected chi connectivity index (χ0v) is 10.7. The lowest BCUT2D eigenvalue weighted by atomic mass is 10.1. The van der Waals surface area contributed by atoms with Crippen LogP contribution in [0.25, 0.3) is 6.05 Å². The van der Waals surface area contributed by atoms with Gasteiger partial charge in [0, 0.05) is 6.42 Å². The predicted molar refractivity (Wildman–Crippen MR) is 77.2 cm³/mol. The minimum Gasteiger partial charge on any atom is -0.497 e. The molecule has 2 heteroatoms. The number of carbonyl (C=O) groups is 1. The molecule has 0 heterocycles. The van der Waals surface area contributed by atoms with Crippen LogP contribution in [0.15, 0.2) is 60.6 Å². The lowest BCUT2D eigenvalue weighted by Crippen LogP contribution is -1.98. The summed E-state index contributed by atoms with van der Waals surface area (Å²) in [4.78, 5) is 12.1. The van der Waals surface area contributed by atoms with Crippen molar-refractivity contribution in [2.45, 2.75) is 6.42 Å². The quantitative estimate of drug-likeness (QED) is 0.763. The fraction of sp³-hybridized carbons (Fsp3) is 0.118. The smallest absolute Gasteiger partial charge is 0.160 e. The van der Waals surface area contributed by atoms with Gasteiger partial charge in [-0.3, -0.25) is 4.79 Å². The number of carbonyl (C=O) groups excluding carboxylic acids is 1. The number of allylic oxidation sites excluding steroid dienone is 1. The predicted octanol–water partition coefficient (Wildman–Crippen LogP) is 3.52. The summed E-state index contributed by atoms with van der Waals surface area (Å²) in [5, 5.41) is 0. The summed E-state index contributed by atoms with van der Waals surface area (Å²) in [6.45, 7) is 0. The van der Waals surface area contributed by atoms with E-state index < -0.39 is 0 Å². The molecule has 0 spiro atoms. The van der Waals surface area contributed by atoms with E-state index in [-0.39, 0.29) is 24.3 Å². The van der Waals surface area contributed by atoms with E-state index in [4.69, 9.17) is 7.48 Å².